The molecule has 0 amide bonds. The first-order valence-electron chi connectivity index (χ1n) is 3.36. The fourth-order valence-electron chi connectivity index (χ4n) is 0.776. The molecule has 0 aliphatic rings. The van der Waals surface area contributed by atoms with Gasteiger partial charge in [-0.15, -0.1) is 0 Å². The third-order valence-corrected chi connectivity index (χ3v) is 2.77. The van der Waals surface area contributed by atoms with Gasteiger partial charge in [0.25, 0.3) is 0 Å². The lowest BCUT2D eigenvalue weighted by atomic mass is 10.2. The zero-order chi connectivity index (χ0) is 9.84. The van der Waals surface area contributed by atoms with E-state index in [1.807, 2.05) is 46.9 Å². The molecule has 0 aliphatic heterocycles. The second-order valence-electron chi connectivity index (χ2n) is 2.27. The van der Waals surface area contributed by atoms with Gasteiger partial charge in [0.1, 0.15) is 0 Å². The fraction of sp³-hybridized carbons (Fsp3) is 0. The first kappa shape index (κ1) is 10.6. The predicted octanol–water partition coefficient (Wildman–Crippen LogP) is 3.46. The summed E-state index contributed by atoms with van der Waals surface area (Å²) in [7, 11) is 0. The monoisotopic (exact) mass is 353 g/mol. The smallest absolute Gasteiger partial charge is 0.248 e. The summed E-state index contributed by atoms with van der Waals surface area (Å²) in [6, 6.07) is 7.35. The Morgan fingerprint density at radius 2 is 2.00 bits per heavy atom. The highest BCUT2D eigenvalue weighted by Crippen LogP contribution is 2.23. The van der Waals surface area contributed by atoms with E-state index in [-0.39, 0.29) is 0 Å². The van der Waals surface area contributed by atoms with Gasteiger partial charge in [-0.2, -0.15) is 0 Å². The second-order valence-corrected chi connectivity index (χ2v) is 4.35. The minimum absolute atomic E-state index is 0.455. The molecule has 0 saturated carbocycles. The number of nitro groups is 1. The third kappa shape index (κ3) is 3.43. The molecule has 0 unspecified atom stereocenters. The van der Waals surface area contributed by atoms with Crippen LogP contribution in [0.5, 0.6) is 0 Å². The second kappa shape index (κ2) is 4.71. The number of hydrogen-bond acceptors (Lipinski definition) is 2. The quantitative estimate of drug-likeness (QED) is 0.464. The third-order valence-electron chi connectivity index (χ3n) is 1.34. The fourth-order valence-corrected chi connectivity index (χ4v) is 1.63. The Labute approximate surface area is 97.3 Å². The van der Waals surface area contributed by atoms with E-state index in [1.54, 1.807) is 0 Å². The van der Waals surface area contributed by atoms with Crippen LogP contribution in [0.4, 0.5) is 0 Å². The Morgan fingerprint density at radius 1 is 1.46 bits per heavy atom. The SMILES string of the molecule is O=[N+]([O-])/C=C(\I)c1ccc(Br)cc1. The standard InChI is InChI=1S/C8H5BrINO2/c9-7-3-1-6(2-4-7)8(10)5-11(12)13/h1-5H/b8-5-. The van der Waals surface area contributed by atoms with Crippen molar-refractivity contribution in [2.24, 2.45) is 0 Å². The number of nitrogens with zero attached hydrogens (tertiary/aromatic N) is 1. The first-order chi connectivity index (χ1) is 6.09. The Kier molecular flexibility index (Phi) is 3.86. The van der Waals surface area contributed by atoms with Crippen molar-refractivity contribution >= 4 is 42.1 Å². The molecule has 0 saturated heterocycles. The number of rotatable bonds is 2. The van der Waals surface area contributed by atoms with Crippen molar-refractivity contribution in [2.75, 3.05) is 0 Å². The summed E-state index contributed by atoms with van der Waals surface area (Å²) in [5.41, 5.74) is 0.848. The molecule has 1 rings (SSSR count). The Hall–Kier alpha value is -0.430. The number of halogens is 2. The van der Waals surface area contributed by atoms with Gasteiger partial charge in [0, 0.05) is 4.47 Å². The minimum Gasteiger partial charge on any atom is -0.259 e. The number of hydrogen-bond donors (Lipinski definition) is 0. The lowest BCUT2D eigenvalue weighted by Crippen LogP contribution is -1.85. The molecule has 0 aromatic heterocycles. The molecule has 0 atom stereocenters. The maximum absolute atomic E-state index is 10.2. The molecule has 0 fully saturated rings. The van der Waals surface area contributed by atoms with Crippen LogP contribution < -0.4 is 0 Å². The molecule has 0 N–H and O–H groups in total. The van der Waals surface area contributed by atoms with Crippen molar-refractivity contribution in [3.05, 3.63) is 50.6 Å². The van der Waals surface area contributed by atoms with Gasteiger partial charge in [0.2, 0.25) is 6.20 Å². The van der Waals surface area contributed by atoms with Crippen molar-refractivity contribution in [1.82, 2.24) is 0 Å². The van der Waals surface area contributed by atoms with Crippen LogP contribution in [0.2, 0.25) is 0 Å². The zero-order valence-electron chi connectivity index (χ0n) is 6.41. The van der Waals surface area contributed by atoms with E-state index in [4.69, 9.17) is 0 Å². The summed E-state index contributed by atoms with van der Waals surface area (Å²) in [5, 5.41) is 10.2. The van der Waals surface area contributed by atoms with E-state index >= 15 is 0 Å². The van der Waals surface area contributed by atoms with Crippen LogP contribution in [0.25, 0.3) is 3.58 Å². The summed E-state index contributed by atoms with van der Waals surface area (Å²) < 4.78 is 1.58. The normalized spacial score (nSPS) is 11.4. The molecule has 0 aliphatic carbocycles. The minimum atomic E-state index is -0.455. The summed E-state index contributed by atoms with van der Waals surface area (Å²) in [5.74, 6) is 0. The predicted molar refractivity (Wildman–Crippen MR) is 63.1 cm³/mol. The van der Waals surface area contributed by atoms with Crippen molar-refractivity contribution in [3.8, 4) is 0 Å². The van der Waals surface area contributed by atoms with Gasteiger partial charge in [-0.3, -0.25) is 10.1 Å². The Bertz CT molecular complexity index is 348. The lowest BCUT2D eigenvalue weighted by molar-refractivity contribution is -0.401. The molecule has 3 nitrogen and oxygen atoms in total. The Morgan fingerprint density at radius 3 is 2.46 bits per heavy atom. The molecular formula is C8H5BrINO2. The van der Waals surface area contributed by atoms with Crippen LogP contribution >= 0.6 is 38.5 Å². The van der Waals surface area contributed by atoms with Gasteiger partial charge in [0.15, 0.2) is 0 Å². The summed E-state index contributed by atoms with van der Waals surface area (Å²) in [6.07, 6.45) is 0.990. The summed E-state index contributed by atoms with van der Waals surface area (Å²) in [6.45, 7) is 0. The van der Waals surface area contributed by atoms with E-state index in [9.17, 15) is 10.1 Å². The van der Waals surface area contributed by atoms with Gasteiger partial charge in [-0.1, -0.05) is 28.1 Å². The largest absolute Gasteiger partial charge is 0.259 e. The van der Waals surface area contributed by atoms with Crippen molar-refractivity contribution in [2.45, 2.75) is 0 Å². The van der Waals surface area contributed by atoms with Crippen LogP contribution in [0.3, 0.4) is 0 Å². The van der Waals surface area contributed by atoms with Gasteiger partial charge in [0.05, 0.1) is 8.50 Å². The zero-order valence-corrected chi connectivity index (χ0v) is 10.1. The highest BCUT2D eigenvalue weighted by Gasteiger charge is 2.01. The molecular weight excluding hydrogens is 349 g/mol. The average molecular weight is 354 g/mol. The molecule has 0 heterocycles. The molecule has 1 aromatic carbocycles. The molecule has 0 bridgehead atoms. The Balaban J connectivity index is 2.96. The van der Waals surface area contributed by atoms with Crippen molar-refractivity contribution in [3.63, 3.8) is 0 Å². The molecule has 0 radical (unpaired) electrons. The van der Waals surface area contributed by atoms with Crippen molar-refractivity contribution < 1.29 is 4.92 Å². The van der Waals surface area contributed by atoms with Gasteiger partial charge in [-0.05, 0) is 40.3 Å². The van der Waals surface area contributed by atoms with Gasteiger partial charge in [-0.25, -0.2) is 0 Å². The van der Waals surface area contributed by atoms with E-state index < -0.39 is 4.92 Å². The molecule has 13 heavy (non-hydrogen) atoms. The van der Waals surface area contributed by atoms with Gasteiger partial charge >= 0.3 is 0 Å². The van der Waals surface area contributed by atoms with Crippen LogP contribution in [-0.4, -0.2) is 4.92 Å². The summed E-state index contributed by atoms with van der Waals surface area (Å²) >= 11 is 5.23. The molecule has 1 aromatic rings. The molecule has 5 heteroatoms. The topological polar surface area (TPSA) is 43.1 Å². The summed E-state index contributed by atoms with van der Waals surface area (Å²) in [4.78, 5) is 9.71. The van der Waals surface area contributed by atoms with Crippen LogP contribution in [0.15, 0.2) is 34.9 Å². The van der Waals surface area contributed by atoms with Crippen LogP contribution in [0, 0.1) is 10.1 Å². The van der Waals surface area contributed by atoms with Gasteiger partial charge < -0.3 is 0 Å². The highest BCUT2D eigenvalue weighted by atomic mass is 127. The maximum Gasteiger partial charge on any atom is 0.248 e. The maximum atomic E-state index is 10.2. The molecule has 68 valence electrons. The van der Waals surface area contributed by atoms with Crippen molar-refractivity contribution in [1.29, 1.82) is 0 Å². The average Bonchev–Trinajstić information content (AvgIpc) is 2.04. The molecule has 0 spiro atoms. The van der Waals surface area contributed by atoms with E-state index in [2.05, 4.69) is 15.9 Å². The van der Waals surface area contributed by atoms with Crippen LogP contribution in [0.1, 0.15) is 5.56 Å². The van der Waals surface area contributed by atoms with E-state index in [0.29, 0.717) is 3.58 Å². The first-order valence-corrected chi connectivity index (χ1v) is 5.23. The number of benzene rings is 1. The van der Waals surface area contributed by atoms with Crippen LogP contribution in [-0.2, 0) is 0 Å². The highest BCUT2D eigenvalue weighted by molar-refractivity contribution is 14.1. The van der Waals surface area contributed by atoms with E-state index in [1.165, 1.54) is 0 Å². The lowest BCUT2D eigenvalue weighted by Gasteiger charge is -1.96. The van der Waals surface area contributed by atoms with E-state index in [0.717, 1.165) is 16.2 Å².